The van der Waals surface area contributed by atoms with Gasteiger partial charge in [0.25, 0.3) is 0 Å². The van der Waals surface area contributed by atoms with E-state index in [1.54, 1.807) is 20.8 Å². The van der Waals surface area contributed by atoms with E-state index < -0.39 is 17.7 Å². The van der Waals surface area contributed by atoms with Gasteiger partial charge in [0.2, 0.25) is 0 Å². The van der Waals surface area contributed by atoms with E-state index in [9.17, 15) is 9.59 Å². The van der Waals surface area contributed by atoms with Gasteiger partial charge in [0.15, 0.2) is 0 Å². The molecular weight excluding hydrogens is 234 g/mol. The molecule has 0 aromatic carbocycles. The second kappa shape index (κ2) is 7.24. The maximum atomic E-state index is 11.7. The van der Waals surface area contributed by atoms with E-state index in [4.69, 9.17) is 9.84 Å². The van der Waals surface area contributed by atoms with Crippen LogP contribution in [0.3, 0.4) is 0 Å². The van der Waals surface area contributed by atoms with Gasteiger partial charge in [0.05, 0.1) is 0 Å². The molecule has 0 saturated heterocycles. The highest BCUT2D eigenvalue weighted by Crippen LogP contribution is 2.14. The summed E-state index contributed by atoms with van der Waals surface area (Å²) in [6.45, 7) is 9.38. The molecule has 0 saturated carbocycles. The van der Waals surface area contributed by atoms with Crippen LogP contribution >= 0.6 is 0 Å². The predicted molar refractivity (Wildman–Crippen MR) is 69.5 cm³/mol. The van der Waals surface area contributed by atoms with Crippen LogP contribution in [0.5, 0.6) is 0 Å². The number of nitrogens with one attached hydrogen (secondary N) is 1. The van der Waals surface area contributed by atoms with Gasteiger partial charge in [-0.1, -0.05) is 20.3 Å². The molecule has 1 amide bonds. The predicted octanol–water partition coefficient (Wildman–Crippen LogP) is 2.79. The molecule has 0 bridgehead atoms. The van der Waals surface area contributed by atoms with Crippen molar-refractivity contribution in [2.75, 3.05) is 0 Å². The smallest absolute Gasteiger partial charge is 0.407 e. The molecule has 1 unspecified atom stereocenters. The van der Waals surface area contributed by atoms with Crippen LogP contribution in [0.15, 0.2) is 0 Å². The Kier molecular flexibility index (Phi) is 6.73. The molecule has 0 aliphatic heterocycles. The molecule has 0 aromatic rings. The summed E-state index contributed by atoms with van der Waals surface area (Å²) < 4.78 is 5.17. The van der Waals surface area contributed by atoms with Gasteiger partial charge in [0.1, 0.15) is 5.60 Å². The number of hydrogen-bond donors (Lipinski definition) is 2. The highest BCUT2D eigenvalue weighted by Gasteiger charge is 2.22. The van der Waals surface area contributed by atoms with Gasteiger partial charge >= 0.3 is 12.1 Å². The zero-order valence-electron chi connectivity index (χ0n) is 11.9. The monoisotopic (exact) mass is 259 g/mol. The largest absolute Gasteiger partial charge is 0.481 e. The summed E-state index contributed by atoms with van der Waals surface area (Å²) >= 11 is 0. The first-order valence-corrected chi connectivity index (χ1v) is 6.37. The Morgan fingerprint density at radius 1 is 1.33 bits per heavy atom. The fraction of sp³-hybridized carbons (Fsp3) is 0.846. The molecule has 0 spiro atoms. The zero-order chi connectivity index (χ0) is 14.3. The molecule has 0 aliphatic rings. The molecule has 106 valence electrons. The van der Waals surface area contributed by atoms with Crippen LogP contribution in [0.1, 0.15) is 53.9 Å². The molecule has 2 N–H and O–H groups in total. The summed E-state index contributed by atoms with van der Waals surface area (Å²) in [7, 11) is 0. The van der Waals surface area contributed by atoms with Crippen molar-refractivity contribution in [1.29, 1.82) is 0 Å². The third-order valence-electron chi connectivity index (χ3n) is 2.70. The molecule has 5 heteroatoms. The Morgan fingerprint density at radius 2 is 1.89 bits per heavy atom. The maximum absolute atomic E-state index is 11.7. The topological polar surface area (TPSA) is 75.6 Å². The van der Waals surface area contributed by atoms with Crippen LogP contribution in [0, 0.1) is 5.92 Å². The summed E-state index contributed by atoms with van der Waals surface area (Å²) in [5.41, 5.74) is -0.545. The standard InChI is InChI=1S/C13H25NO4/c1-6-9(2)10(7-8-11(15)16)14-12(17)18-13(3,4)5/h9-10H,6-8H2,1-5H3,(H,14,17)(H,15,16)/t9-,10?/m1/s1. The first-order valence-electron chi connectivity index (χ1n) is 6.37. The minimum Gasteiger partial charge on any atom is -0.481 e. The lowest BCUT2D eigenvalue weighted by Gasteiger charge is -2.26. The molecule has 0 aliphatic carbocycles. The number of ether oxygens (including phenoxy) is 1. The fourth-order valence-electron chi connectivity index (χ4n) is 1.52. The number of aliphatic carboxylic acids is 1. The molecule has 5 nitrogen and oxygen atoms in total. The summed E-state index contributed by atoms with van der Waals surface area (Å²) in [5.74, 6) is -0.633. The third-order valence-corrected chi connectivity index (χ3v) is 2.70. The van der Waals surface area contributed by atoms with E-state index >= 15 is 0 Å². The highest BCUT2D eigenvalue weighted by molar-refractivity contribution is 5.69. The average molecular weight is 259 g/mol. The Morgan fingerprint density at radius 3 is 2.28 bits per heavy atom. The van der Waals surface area contributed by atoms with Crippen LogP contribution in [0.25, 0.3) is 0 Å². The van der Waals surface area contributed by atoms with Crippen molar-refractivity contribution >= 4 is 12.1 Å². The van der Waals surface area contributed by atoms with Crippen LogP contribution in [-0.4, -0.2) is 28.8 Å². The van der Waals surface area contributed by atoms with E-state index in [0.717, 1.165) is 6.42 Å². The van der Waals surface area contributed by atoms with Crippen molar-refractivity contribution in [3.63, 3.8) is 0 Å². The van der Waals surface area contributed by atoms with Crippen molar-refractivity contribution < 1.29 is 19.4 Å². The number of carboxylic acids is 1. The SMILES string of the molecule is CC[C@@H](C)C(CCC(=O)O)NC(=O)OC(C)(C)C. The lowest BCUT2D eigenvalue weighted by atomic mass is 9.95. The maximum Gasteiger partial charge on any atom is 0.407 e. The summed E-state index contributed by atoms with van der Waals surface area (Å²) in [5, 5.41) is 11.4. The van der Waals surface area contributed by atoms with Gasteiger partial charge in [-0.2, -0.15) is 0 Å². The van der Waals surface area contributed by atoms with E-state index in [2.05, 4.69) is 5.32 Å². The van der Waals surface area contributed by atoms with E-state index in [0.29, 0.717) is 6.42 Å². The first kappa shape index (κ1) is 16.7. The molecule has 2 atom stereocenters. The van der Waals surface area contributed by atoms with Gasteiger partial charge in [-0.05, 0) is 33.1 Å². The van der Waals surface area contributed by atoms with E-state index in [1.165, 1.54) is 0 Å². The molecule has 18 heavy (non-hydrogen) atoms. The fourth-order valence-corrected chi connectivity index (χ4v) is 1.52. The van der Waals surface area contributed by atoms with Crippen LogP contribution < -0.4 is 5.32 Å². The Hall–Kier alpha value is -1.26. The summed E-state index contributed by atoms with van der Waals surface area (Å²) in [6.07, 6.45) is 0.854. The molecule has 0 aromatic heterocycles. The van der Waals surface area contributed by atoms with Crippen molar-refractivity contribution in [2.45, 2.75) is 65.5 Å². The second-order valence-corrected chi connectivity index (χ2v) is 5.57. The minimum absolute atomic E-state index is 0.0464. The third kappa shape index (κ3) is 7.92. The molecule has 0 radical (unpaired) electrons. The van der Waals surface area contributed by atoms with Gasteiger partial charge in [0, 0.05) is 12.5 Å². The quantitative estimate of drug-likeness (QED) is 0.769. The Bertz CT molecular complexity index is 283. The number of alkyl carbamates (subject to hydrolysis) is 1. The van der Waals surface area contributed by atoms with Crippen LogP contribution in [0.4, 0.5) is 4.79 Å². The van der Waals surface area contributed by atoms with Gasteiger partial charge in [-0.15, -0.1) is 0 Å². The second-order valence-electron chi connectivity index (χ2n) is 5.57. The molecule has 0 heterocycles. The number of carbonyl (C=O) groups excluding carboxylic acids is 1. The van der Waals surface area contributed by atoms with Crippen LogP contribution in [0.2, 0.25) is 0 Å². The van der Waals surface area contributed by atoms with Crippen molar-refractivity contribution in [3.05, 3.63) is 0 Å². The molecule has 0 rings (SSSR count). The summed E-state index contributed by atoms with van der Waals surface area (Å²) in [6, 6.07) is -0.166. The Labute approximate surface area is 109 Å². The minimum atomic E-state index is -0.853. The lowest BCUT2D eigenvalue weighted by molar-refractivity contribution is -0.137. The van der Waals surface area contributed by atoms with Crippen LogP contribution in [-0.2, 0) is 9.53 Å². The van der Waals surface area contributed by atoms with E-state index in [1.807, 2.05) is 13.8 Å². The first-order chi connectivity index (χ1) is 8.15. The molecular formula is C13H25NO4. The lowest BCUT2D eigenvalue weighted by Crippen LogP contribution is -2.42. The van der Waals surface area contributed by atoms with Crippen molar-refractivity contribution in [3.8, 4) is 0 Å². The normalized spacial score (nSPS) is 14.7. The van der Waals surface area contributed by atoms with Gasteiger partial charge in [-0.25, -0.2) is 4.79 Å². The van der Waals surface area contributed by atoms with Gasteiger partial charge < -0.3 is 15.2 Å². The summed E-state index contributed by atoms with van der Waals surface area (Å²) in [4.78, 5) is 22.2. The van der Waals surface area contributed by atoms with Crippen molar-refractivity contribution in [2.24, 2.45) is 5.92 Å². The van der Waals surface area contributed by atoms with E-state index in [-0.39, 0.29) is 18.4 Å². The zero-order valence-corrected chi connectivity index (χ0v) is 11.9. The van der Waals surface area contributed by atoms with Gasteiger partial charge in [-0.3, -0.25) is 4.79 Å². The highest BCUT2D eigenvalue weighted by atomic mass is 16.6. The number of carboxylic acid groups (broad SMARTS) is 1. The number of carbonyl (C=O) groups is 2. The van der Waals surface area contributed by atoms with Crippen molar-refractivity contribution in [1.82, 2.24) is 5.32 Å². The average Bonchev–Trinajstić information content (AvgIpc) is 2.20. The number of hydrogen-bond acceptors (Lipinski definition) is 3. The Balaban J connectivity index is 4.40. The number of amides is 1. The number of rotatable bonds is 6. The molecule has 0 fully saturated rings.